The first-order valence-corrected chi connectivity index (χ1v) is 3.34. The molecular formula is C6H12N2O2. The highest BCUT2D eigenvalue weighted by Gasteiger charge is 2.27. The zero-order valence-electron chi connectivity index (χ0n) is 6.00. The van der Waals surface area contributed by atoms with Crippen LogP contribution in [0.1, 0.15) is 0 Å². The Labute approximate surface area is 59.8 Å². The molecule has 0 unspecified atom stereocenters. The van der Waals surface area contributed by atoms with Crippen LogP contribution in [0.5, 0.6) is 0 Å². The predicted molar refractivity (Wildman–Crippen MR) is 36.5 cm³/mol. The van der Waals surface area contributed by atoms with E-state index in [1.807, 2.05) is 0 Å². The van der Waals surface area contributed by atoms with Crippen molar-refractivity contribution in [3.8, 4) is 0 Å². The van der Waals surface area contributed by atoms with Gasteiger partial charge in [-0.25, -0.2) is 0 Å². The Kier molecular flexibility index (Phi) is 2.24. The summed E-state index contributed by atoms with van der Waals surface area (Å²) in [4.78, 5) is 12.5. The molecule has 58 valence electrons. The van der Waals surface area contributed by atoms with Crippen LogP contribution >= 0.6 is 0 Å². The third-order valence-electron chi connectivity index (χ3n) is 1.54. The fraction of sp³-hybridized carbons (Fsp3) is 0.833. The number of nitrogens with zero attached hydrogens (tertiary/aromatic N) is 1. The first kappa shape index (κ1) is 7.50. The molecule has 4 heteroatoms. The summed E-state index contributed by atoms with van der Waals surface area (Å²) in [5, 5.41) is 11.6. The van der Waals surface area contributed by atoms with Gasteiger partial charge in [-0.3, -0.25) is 4.79 Å². The average molecular weight is 144 g/mol. The zero-order chi connectivity index (χ0) is 7.56. The molecular weight excluding hydrogens is 132 g/mol. The summed E-state index contributed by atoms with van der Waals surface area (Å²) >= 11 is 0. The standard InChI is InChI=1S/C6H12N2O2/c1-7-2-6(10)8-3-5(9)4-8/h5,7,9H,2-4H2,1H3. The highest BCUT2D eigenvalue weighted by Crippen LogP contribution is 2.05. The van der Waals surface area contributed by atoms with E-state index in [4.69, 9.17) is 5.11 Å². The van der Waals surface area contributed by atoms with Crippen molar-refractivity contribution in [1.82, 2.24) is 10.2 Å². The van der Waals surface area contributed by atoms with Gasteiger partial charge in [-0.05, 0) is 7.05 Å². The molecule has 1 aliphatic rings. The van der Waals surface area contributed by atoms with Gasteiger partial charge in [-0.1, -0.05) is 0 Å². The summed E-state index contributed by atoms with van der Waals surface area (Å²) < 4.78 is 0. The Morgan fingerprint density at radius 2 is 2.40 bits per heavy atom. The number of likely N-dealkylation sites (N-methyl/N-ethyl adjacent to an activating group) is 1. The van der Waals surface area contributed by atoms with Crippen LogP contribution in [-0.2, 0) is 4.79 Å². The van der Waals surface area contributed by atoms with Crippen LogP contribution < -0.4 is 5.32 Å². The van der Waals surface area contributed by atoms with Crippen LogP contribution in [0.4, 0.5) is 0 Å². The molecule has 1 fully saturated rings. The van der Waals surface area contributed by atoms with E-state index in [2.05, 4.69) is 5.32 Å². The summed E-state index contributed by atoms with van der Waals surface area (Å²) in [6.45, 7) is 1.37. The molecule has 4 nitrogen and oxygen atoms in total. The molecule has 0 radical (unpaired) electrons. The Morgan fingerprint density at radius 1 is 1.80 bits per heavy atom. The lowest BCUT2D eigenvalue weighted by atomic mass is 10.2. The molecule has 1 heterocycles. The van der Waals surface area contributed by atoms with Crippen molar-refractivity contribution in [1.29, 1.82) is 0 Å². The van der Waals surface area contributed by atoms with Gasteiger partial charge < -0.3 is 15.3 Å². The highest BCUT2D eigenvalue weighted by atomic mass is 16.3. The Hall–Kier alpha value is -0.610. The number of nitrogens with one attached hydrogen (secondary N) is 1. The summed E-state index contributed by atoms with van der Waals surface area (Å²) in [5.41, 5.74) is 0. The van der Waals surface area contributed by atoms with Crippen LogP contribution in [0.25, 0.3) is 0 Å². The normalized spacial score (nSPS) is 18.8. The minimum atomic E-state index is -0.291. The maximum Gasteiger partial charge on any atom is 0.236 e. The summed E-state index contributed by atoms with van der Waals surface area (Å²) in [6.07, 6.45) is -0.291. The second-order valence-electron chi connectivity index (χ2n) is 2.48. The van der Waals surface area contributed by atoms with Crippen molar-refractivity contribution >= 4 is 5.91 Å². The summed E-state index contributed by atoms with van der Waals surface area (Å²) in [7, 11) is 1.73. The molecule has 0 aliphatic carbocycles. The van der Waals surface area contributed by atoms with Crippen LogP contribution in [0.3, 0.4) is 0 Å². The Morgan fingerprint density at radius 3 is 2.80 bits per heavy atom. The van der Waals surface area contributed by atoms with Gasteiger partial charge in [0.2, 0.25) is 5.91 Å². The molecule has 2 N–H and O–H groups in total. The van der Waals surface area contributed by atoms with Gasteiger partial charge in [0.25, 0.3) is 0 Å². The molecule has 1 aliphatic heterocycles. The monoisotopic (exact) mass is 144 g/mol. The van der Waals surface area contributed by atoms with E-state index >= 15 is 0 Å². The molecule has 0 bridgehead atoms. The van der Waals surface area contributed by atoms with Gasteiger partial charge >= 0.3 is 0 Å². The molecule has 1 rings (SSSR count). The fourth-order valence-corrected chi connectivity index (χ4v) is 0.922. The van der Waals surface area contributed by atoms with Crippen molar-refractivity contribution in [2.45, 2.75) is 6.10 Å². The molecule has 0 aromatic heterocycles. The van der Waals surface area contributed by atoms with Crippen LogP contribution in [0.15, 0.2) is 0 Å². The van der Waals surface area contributed by atoms with Gasteiger partial charge in [-0.15, -0.1) is 0 Å². The van der Waals surface area contributed by atoms with Crippen molar-refractivity contribution in [3.05, 3.63) is 0 Å². The van der Waals surface area contributed by atoms with Crippen LogP contribution in [0, 0.1) is 0 Å². The molecule has 1 saturated heterocycles. The summed E-state index contributed by atoms with van der Waals surface area (Å²) in [5.74, 6) is 0.0628. The lowest BCUT2D eigenvalue weighted by molar-refractivity contribution is -0.140. The van der Waals surface area contributed by atoms with Gasteiger partial charge in [0.15, 0.2) is 0 Å². The third-order valence-corrected chi connectivity index (χ3v) is 1.54. The highest BCUT2D eigenvalue weighted by molar-refractivity contribution is 5.79. The van der Waals surface area contributed by atoms with Gasteiger partial charge in [0, 0.05) is 13.1 Å². The van der Waals surface area contributed by atoms with Crippen molar-refractivity contribution in [2.75, 3.05) is 26.7 Å². The number of carbonyl (C=O) groups excluding carboxylic acids is 1. The molecule has 0 saturated carbocycles. The number of rotatable bonds is 2. The minimum Gasteiger partial charge on any atom is -0.389 e. The molecule has 0 atom stereocenters. The SMILES string of the molecule is CNCC(=O)N1CC(O)C1. The van der Waals surface area contributed by atoms with Crippen LogP contribution in [-0.4, -0.2) is 48.7 Å². The number of carbonyl (C=O) groups is 1. The second kappa shape index (κ2) is 2.98. The molecule has 1 amide bonds. The van der Waals surface area contributed by atoms with Crippen LogP contribution in [0.2, 0.25) is 0 Å². The first-order chi connectivity index (χ1) is 4.74. The van der Waals surface area contributed by atoms with Gasteiger partial charge in [-0.2, -0.15) is 0 Å². The minimum absolute atomic E-state index is 0.0628. The maximum atomic E-state index is 10.9. The van der Waals surface area contributed by atoms with E-state index in [0.29, 0.717) is 19.6 Å². The fourth-order valence-electron chi connectivity index (χ4n) is 0.922. The topological polar surface area (TPSA) is 52.6 Å². The number of likely N-dealkylation sites (tertiary alicyclic amines) is 1. The van der Waals surface area contributed by atoms with E-state index in [1.165, 1.54) is 0 Å². The number of amides is 1. The quantitative estimate of drug-likeness (QED) is 0.491. The number of aliphatic hydroxyl groups is 1. The molecule has 0 aromatic carbocycles. The largest absolute Gasteiger partial charge is 0.389 e. The van der Waals surface area contributed by atoms with Crippen molar-refractivity contribution < 1.29 is 9.90 Å². The van der Waals surface area contributed by atoms with Crippen molar-refractivity contribution in [3.63, 3.8) is 0 Å². The molecule has 0 aromatic rings. The van der Waals surface area contributed by atoms with Gasteiger partial charge in [0.05, 0.1) is 12.6 Å². The number of hydrogen-bond donors (Lipinski definition) is 2. The number of aliphatic hydroxyl groups excluding tert-OH is 1. The zero-order valence-corrected chi connectivity index (χ0v) is 6.00. The lowest BCUT2D eigenvalue weighted by Gasteiger charge is -2.35. The van der Waals surface area contributed by atoms with Crippen molar-refractivity contribution in [2.24, 2.45) is 0 Å². The lowest BCUT2D eigenvalue weighted by Crippen LogP contribution is -2.55. The predicted octanol–water partition coefficient (Wildman–Crippen LogP) is -1.59. The van der Waals surface area contributed by atoms with Gasteiger partial charge in [0.1, 0.15) is 0 Å². The average Bonchev–Trinajstić information content (AvgIpc) is 1.82. The molecule has 0 spiro atoms. The maximum absolute atomic E-state index is 10.9. The Bertz CT molecular complexity index is 132. The third kappa shape index (κ3) is 1.46. The smallest absolute Gasteiger partial charge is 0.236 e. The number of hydrogen-bond acceptors (Lipinski definition) is 3. The second-order valence-corrected chi connectivity index (χ2v) is 2.48. The van der Waals surface area contributed by atoms with E-state index in [1.54, 1.807) is 11.9 Å². The number of β-amino-alcohol motifs (C(OH)–C–C–N with tert-alkyl or cyclic N) is 1. The van der Waals surface area contributed by atoms with E-state index in [9.17, 15) is 4.79 Å². The van der Waals surface area contributed by atoms with E-state index in [-0.39, 0.29) is 12.0 Å². The van der Waals surface area contributed by atoms with E-state index < -0.39 is 0 Å². The summed E-state index contributed by atoms with van der Waals surface area (Å²) in [6, 6.07) is 0. The Balaban J connectivity index is 2.18. The van der Waals surface area contributed by atoms with E-state index in [0.717, 1.165) is 0 Å². The first-order valence-electron chi connectivity index (χ1n) is 3.34. The molecule has 10 heavy (non-hydrogen) atoms.